The van der Waals surface area contributed by atoms with Crippen molar-refractivity contribution in [3.05, 3.63) is 59.7 Å². The van der Waals surface area contributed by atoms with Gasteiger partial charge in [0.25, 0.3) is 10.0 Å². The summed E-state index contributed by atoms with van der Waals surface area (Å²) in [6.45, 7) is 0. The molecular weight excluding hydrogens is 543 g/mol. The molecule has 39 heavy (non-hydrogen) atoms. The van der Waals surface area contributed by atoms with Crippen LogP contribution in [0.4, 0.5) is 18.9 Å². The van der Waals surface area contributed by atoms with Crippen molar-refractivity contribution in [2.45, 2.75) is 11.3 Å². The zero-order valence-electron chi connectivity index (χ0n) is 21.6. The van der Waals surface area contributed by atoms with Gasteiger partial charge in [0, 0.05) is 11.6 Å². The average molecular weight is 570 g/mol. The fourth-order valence-corrected chi connectivity index (χ4v) is 4.73. The molecule has 13 heteroatoms. The molecule has 0 fully saturated rings. The van der Waals surface area contributed by atoms with Crippen LogP contribution < -0.4 is 33.1 Å². The SMILES string of the molecule is COc1cc(C=Cc2ccc(OC)c(OC)c2NS(=O)(=O)c2cccc(OC(F)(F)F)c2)cc(OC)c1OC. The molecule has 0 radical (unpaired) electrons. The van der Waals surface area contributed by atoms with Crippen LogP contribution in [0.3, 0.4) is 0 Å². The Bertz CT molecular complexity index is 1430. The standard InChI is InChI=1S/C26H26F3NO8S/c1-33-20-12-11-17(10-9-16-13-21(34-2)24(36-4)22(14-16)35-3)23(25(20)37-5)30-39(31,32)19-8-6-7-18(15-19)38-26(27,28)29/h6-15,30H,1-5H3. The number of nitrogens with one attached hydrogen (secondary N) is 1. The Balaban J connectivity index is 2.08. The first-order valence-corrected chi connectivity index (χ1v) is 12.6. The van der Waals surface area contributed by atoms with Crippen LogP contribution in [-0.4, -0.2) is 50.3 Å². The summed E-state index contributed by atoms with van der Waals surface area (Å²) in [5.41, 5.74) is 0.973. The molecular formula is C26H26F3NO8S. The largest absolute Gasteiger partial charge is 0.573 e. The fourth-order valence-electron chi connectivity index (χ4n) is 3.60. The van der Waals surface area contributed by atoms with Crippen molar-refractivity contribution in [3.8, 4) is 34.5 Å². The maximum absolute atomic E-state index is 13.2. The van der Waals surface area contributed by atoms with Crippen LogP contribution in [0.1, 0.15) is 11.1 Å². The summed E-state index contributed by atoms with van der Waals surface area (Å²) >= 11 is 0. The van der Waals surface area contributed by atoms with Gasteiger partial charge in [-0.05, 0) is 42.0 Å². The highest BCUT2D eigenvalue weighted by molar-refractivity contribution is 7.92. The van der Waals surface area contributed by atoms with Crippen molar-refractivity contribution >= 4 is 27.9 Å². The average Bonchev–Trinajstić information content (AvgIpc) is 2.90. The first-order chi connectivity index (χ1) is 18.5. The van der Waals surface area contributed by atoms with Crippen molar-refractivity contribution in [1.29, 1.82) is 0 Å². The van der Waals surface area contributed by atoms with Crippen molar-refractivity contribution in [2.75, 3.05) is 40.3 Å². The van der Waals surface area contributed by atoms with E-state index in [0.29, 0.717) is 28.4 Å². The van der Waals surface area contributed by atoms with Crippen molar-refractivity contribution in [1.82, 2.24) is 0 Å². The third-order valence-corrected chi connectivity index (χ3v) is 6.65. The summed E-state index contributed by atoms with van der Waals surface area (Å²) in [4.78, 5) is -0.464. The van der Waals surface area contributed by atoms with Crippen LogP contribution >= 0.6 is 0 Å². The zero-order valence-corrected chi connectivity index (χ0v) is 22.4. The van der Waals surface area contributed by atoms with Crippen molar-refractivity contribution < 1.29 is 50.0 Å². The van der Waals surface area contributed by atoms with Crippen LogP contribution in [0.5, 0.6) is 34.5 Å². The lowest BCUT2D eigenvalue weighted by atomic mass is 10.1. The maximum atomic E-state index is 13.2. The van der Waals surface area contributed by atoms with Gasteiger partial charge in [0.05, 0.1) is 40.4 Å². The predicted octanol–water partition coefficient (Wildman–Crippen LogP) is 5.60. The summed E-state index contributed by atoms with van der Waals surface area (Å²) in [5, 5.41) is 0. The van der Waals surface area contributed by atoms with Crippen LogP contribution in [0.15, 0.2) is 53.4 Å². The van der Waals surface area contributed by atoms with E-state index < -0.39 is 27.0 Å². The molecule has 0 aromatic heterocycles. The van der Waals surface area contributed by atoms with Gasteiger partial charge in [-0.3, -0.25) is 4.72 Å². The Hall–Kier alpha value is -4.26. The first kappa shape index (κ1) is 29.3. The Kier molecular flexibility index (Phi) is 9.07. The minimum absolute atomic E-state index is 0.0114. The van der Waals surface area contributed by atoms with E-state index in [4.69, 9.17) is 23.7 Å². The highest BCUT2D eigenvalue weighted by Gasteiger charge is 2.31. The van der Waals surface area contributed by atoms with Crippen molar-refractivity contribution in [2.24, 2.45) is 0 Å². The van der Waals surface area contributed by atoms with E-state index in [1.807, 2.05) is 0 Å². The Morgan fingerprint density at radius 3 is 1.90 bits per heavy atom. The van der Waals surface area contributed by atoms with Gasteiger partial charge in [-0.25, -0.2) is 8.42 Å². The van der Waals surface area contributed by atoms with Gasteiger partial charge in [0.2, 0.25) is 5.75 Å². The number of benzene rings is 3. The summed E-state index contributed by atoms with van der Waals surface area (Å²) < 4.78 is 97.5. The summed E-state index contributed by atoms with van der Waals surface area (Å²) in [6.07, 6.45) is -1.72. The van der Waals surface area contributed by atoms with Crippen molar-refractivity contribution in [3.63, 3.8) is 0 Å². The topological polar surface area (TPSA) is 102 Å². The summed E-state index contributed by atoms with van der Waals surface area (Å²) in [7, 11) is 2.71. The molecule has 0 bridgehead atoms. The van der Waals surface area contributed by atoms with Gasteiger partial charge in [0.15, 0.2) is 23.0 Å². The van der Waals surface area contributed by atoms with Gasteiger partial charge in [-0.2, -0.15) is 0 Å². The lowest BCUT2D eigenvalue weighted by Gasteiger charge is -2.18. The quantitative estimate of drug-likeness (QED) is 0.298. The van der Waals surface area contributed by atoms with E-state index in [9.17, 15) is 21.6 Å². The smallest absolute Gasteiger partial charge is 0.493 e. The van der Waals surface area contributed by atoms with Gasteiger partial charge >= 0.3 is 6.36 Å². The second-order valence-electron chi connectivity index (χ2n) is 7.69. The lowest BCUT2D eigenvalue weighted by Crippen LogP contribution is -2.18. The second-order valence-corrected chi connectivity index (χ2v) is 9.37. The maximum Gasteiger partial charge on any atom is 0.573 e. The monoisotopic (exact) mass is 569 g/mol. The molecule has 0 saturated carbocycles. The van der Waals surface area contributed by atoms with E-state index in [2.05, 4.69) is 9.46 Å². The number of anilines is 1. The molecule has 0 heterocycles. The molecule has 0 aliphatic carbocycles. The number of alkyl halides is 3. The molecule has 0 aliphatic rings. The molecule has 210 valence electrons. The number of rotatable bonds is 11. The van der Waals surface area contributed by atoms with Crippen LogP contribution in [0.25, 0.3) is 12.2 Å². The summed E-state index contributed by atoms with van der Waals surface area (Å²) in [6, 6.07) is 10.5. The normalized spacial score (nSPS) is 11.7. The number of sulfonamides is 1. The van der Waals surface area contributed by atoms with Gasteiger partial charge in [0.1, 0.15) is 11.4 Å². The molecule has 0 unspecified atom stereocenters. The molecule has 0 saturated heterocycles. The molecule has 3 aromatic carbocycles. The summed E-state index contributed by atoms with van der Waals surface area (Å²) in [5.74, 6) is 0.792. The zero-order chi connectivity index (χ0) is 28.8. The number of hydrogen-bond donors (Lipinski definition) is 1. The third kappa shape index (κ3) is 6.99. The molecule has 1 N–H and O–H groups in total. The fraction of sp³-hybridized carbons (Fsp3) is 0.231. The van der Waals surface area contributed by atoms with Gasteiger partial charge < -0.3 is 28.4 Å². The molecule has 0 aliphatic heterocycles. The number of hydrogen-bond acceptors (Lipinski definition) is 8. The molecule has 9 nitrogen and oxygen atoms in total. The number of halogens is 3. The third-order valence-electron chi connectivity index (χ3n) is 5.31. The Morgan fingerprint density at radius 2 is 1.36 bits per heavy atom. The molecule has 0 spiro atoms. The second kappa shape index (κ2) is 12.1. The molecule has 0 amide bonds. The highest BCUT2D eigenvalue weighted by atomic mass is 32.2. The number of methoxy groups -OCH3 is 5. The highest BCUT2D eigenvalue weighted by Crippen LogP contribution is 2.41. The minimum atomic E-state index is -4.99. The van der Waals surface area contributed by atoms with Gasteiger partial charge in [-0.1, -0.05) is 18.2 Å². The predicted molar refractivity (Wildman–Crippen MR) is 139 cm³/mol. The van der Waals surface area contributed by atoms with E-state index in [-0.39, 0.29) is 17.2 Å². The lowest BCUT2D eigenvalue weighted by molar-refractivity contribution is -0.274. The van der Waals surface area contributed by atoms with Crippen LogP contribution in [0, 0.1) is 0 Å². The number of ether oxygens (including phenoxy) is 6. The van der Waals surface area contributed by atoms with E-state index >= 15 is 0 Å². The van der Waals surface area contributed by atoms with Crippen LogP contribution in [0.2, 0.25) is 0 Å². The van der Waals surface area contributed by atoms with Crippen LogP contribution in [-0.2, 0) is 10.0 Å². The van der Waals surface area contributed by atoms with E-state index in [1.54, 1.807) is 36.4 Å². The Labute approximate surface area is 223 Å². The Morgan fingerprint density at radius 1 is 0.744 bits per heavy atom. The van der Waals surface area contributed by atoms with E-state index in [0.717, 1.165) is 24.3 Å². The molecule has 0 atom stereocenters. The first-order valence-electron chi connectivity index (χ1n) is 11.1. The minimum Gasteiger partial charge on any atom is -0.493 e. The van der Waals surface area contributed by atoms with E-state index in [1.165, 1.54) is 35.5 Å². The molecule has 3 rings (SSSR count). The van der Waals surface area contributed by atoms with Gasteiger partial charge in [-0.15, -0.1) is 13.2 Å². The molecule has 3 aromatic rings.